The van der Waals surface area contributed by atoms with Crippen LogP contribution in [0.1, 0.15) is 6.42 Å². The van der Waals surface area contributed by atoms with Crippen molar-refractivity contribution in [3.05, 3.63) is 48.7 Å². The average Bonchev–Trinajstić information content (AvgIpc) is 2.80. The van der Waals surface area contributed by atoms with Crippen LogP contribution in [-0.2, 0) is 9.59 Å². The van der Waals surface area contributed by atoms with Gasteiger partial charge in [-0.2, -0.15) is 0 Å². The van der Waals surface area contributed by atoms with Gasteiger partial charge in [-0.25, -0.2) is 9.98 Å². The smallest absolute Gasteiger partial charge is 0.249 e. The number of carbonyl (C=O) groups excluding carboxylic acids is 2. The van der Waals surface area contributed by atoms with Crippen LogP contribution >= 0.6 is 0 Å². The lowest BCUT2D eigenvalue weighted by atomic mass is 10.1. The number of nitrogens with one attached hydrogen (secondary N) is 2. The quantitative estimate of drug-likeness (QED) is 0.786. The number of benzene rings is 1. The summed E-state index contributed by atoms with van der Waals surface area (Å²) in [5.41, 5.74) is 0.632. The summed E-state index contributed by atoms with van der Waals surface area (Å²) in [6, 6.07) is 12.1. The molecular formula is C21H24N6O3. The van der Waals surface area contributed by atoms with Crippen LogP contribution in [0.3, 0.4) is 0 Å². The number of hydrogen-bond acceptors (Lipinski definition) is 7. The highest BCUT2D eigenvalue weighted by Gasteiger charge is 2.30. The SMILES string of the molecule is COc1ccc(NC(=O)[C@@H]2CC(=O)NC(N3CCN(c4ccccn4)CC3)=N2)cc1. The minimum absolute atomic E-state index is 0.0272. The third kappa shape index (κ3) is 4.51. The summed E-state index contributed by atoms with van der Waals surface area (Å²) < 4.78 is 5.12. The van der Waals surface area contributed by atoms with Gasteiger partial charge >= 0.3 is 0 Å². The molecule has 0 unspecified atom stereocenters. The molecule has 2 aromatic rings. The minimum Gasteiger partial charge on any atom is -0.497 e. The van der Waals surface area contributed by atoms with Crippen molar-refractivity contribution in [2.45, 2.75) is 12.5 Å². The van der Waals surface area contributed by atoms with Crippen LogP contribution in [0.2, 0.25) is 0 Å². The first-order chi connectivity index (χ1) is 14.6. The third-order valence-electron chi connectivity index (χ3n) is 5.12. The predicted molar refractivity (Wildman–Crippen MR) is 114 cm³/mol. The molecular weight excluding hydrogens is 384 g/mol. The molecule has 0 spiro atoms. The van der Waals surface area contributed by atoms with Gasteiger partial charge in [0, 0.05) is 38.1 Å². The molecule has 2 aliphatic rings. The van der Waals surface area contributed by atoms with Crippen molar-refractivity contribution < 1.29 is 14.3 Å². The van der Waals surface area contributed by atoms with Crippen LogP contribution in [0.5, 0.6) is 5.75 Å². The van der Waals surface area contributed by atoms with Gasteiger partial charge in [0.1, 0.15) is 17.6 Å². The number of aromatic nitrogens is 1. The Balaban J connectivity index is 1.39. The van der Waals surface area contributed by atoms with Crippen molar-refractivity contribution in [3.8, 4) is 5.75 Å². The first kappa shape index (κ1) is 19.7. The Hall–Kier alpha value is -3.62. The molecule has 0 bridgehead atoms. The Morgan fingerprint density at radius 2 is 1.83 bits per heavy atom. The molecule has 4 rings (SSSR count). The molecule has 3 heterocycles. The van der Waals surface area contributed by atoms with Crippen LogP contribution in [0, 0.1) is 0 Å². The topological polar surface area (TPSA) is 99.2 Å². The van der Waals surface area contributed by atoms with E-state index in [1.165, 1.54) is 0 Å². The maximum Gasteiger partial charge on any atom is 0.249 e. The standard InChI is InChI=1S/C21H24N6O3/c1-30-16-7-5-15(6-8-16)23-20(29)17-14-19(28)25-21(24-17)27-12-10-26(11-13-27)18-4-2-3-9-22-18/h2-9,17H,10-14H2,1H3,(H,23,29)(H,24,25,28)/t17-/m0/s1. The number of ether oxygens (including phenoxy) is 1. The number of guanidine groups is 1. The van der Waals surface area contributed by atoms with Crippen LogP contribution in [0.4, 0.5) is 11.5 Å². The van der Waals surface area contributed by atoms with Gasteiger partial charge in [-0.05, 0) is 36.4 Å². The van der Waals surface area contributed by atoms with Crippen molar-refractivity contribution in [2.75, 3.05) is 43.5 Å². The number of piperazine rings is 1. The molecule has 2 aliphatic heterocycles. The molecule has 0 saturated carbocycles. The first-order valence-electron chi connectivity index (χ1n) is 9.86. The Kier molecular flexibility index (Phi) is 5.78. The predicted octanol–water partition coefficient (Wildman–Crippen LogP) is 1.10. The van der Waals surface area contributed by atoms with Crippen LogP contribution in [0.25, 0.3) is 0 Å². The van der Waals surface area contributed by atoms with Gasteiger partial charge in [-0.1, -0.05) is 6.07 Å². The highest BCUT2D eigenvalue weighted by Crippen LogP contribution is 2.17. The van der Waals surface area contributed by atoms with Gasteiger partial charge in [0.15, 0.2) is 0 Å². The number of hydrogen-bond donors (Lipinski definition) is 2. The molecule has 9 nitrogen and oxygen atoms in total. The Morgan fingerprint density at radius 1 is 1.10 bits per heavy atom. The van der Waals surface area contributed by atoms with E-state index in [-0.39, 0.29) is 18.2 Å². The van der Waals surface area contributed by atoms with Crippen molar-refractivity contribution in [1.29, 1.82) is 0 Å². The number of rotatable bonds is 4. The Bertz CT molecular complexity index is 924. The normalized spacial score (nSPS) is 19.0. The van der Waals surface area contributed by atoms with E-state index >= 15 is 0 Å². The molecule has 1 aromatic heterocycles. The number of pyridine rings is 1. The number of amides is 2. The summed E-state index contributed by atoms with van der Waals surface area (Å²) in [6.07, 6.45) is 1.80. The lowest BCUT2D eigenvalue weighted by molar-refractivity contribution is -0.125. The molecule has 1 saturated heterocycles. The number of carbonyl (C=O) groups is 2. The summed E-state index contributed by atoms with van der Waals surface area (Å²) in [4.78, 5) is 38.0. The third-order valence-corrected chi connectivity index (χ3v) is 5.12. The number of anilines is 2. The molecule has 156 valence electrons. The van der Waals surface area contributed by atoms with E-state index in [2.05, 4.69) is 25.5 Å². The van der Waals surface area contributed by atoms with Gasteiger partial charge in [-0.3, -0.25) is 14.9 Å². The maximum absolute atomic E-state index is 12.7. The van der Waals surface area contributed by atoms with Gasteiger partial charge in [-0.15, -0.1) is 0 Å². The number of methoxy groups -OCH3 is 1. The number of aliphatic imine (C=N–C) groups is 1. The summed E-state index contributed by atoms with van der Waals surface area (Å²) in [5.74, 6) is 1.59. The first-order valence-corrected chi connectivity index (χ1v) is 9.86. The van der Waals surface area contributed by atoms with Gasteiger partial charge in [0.25, 0.3) is 0 Å². The molecule has 1 fully saturated rings. The zero-order valence-electron chi connectivity index (χ0n) is 16.7. The molecule has 0 aliphatic carbocycles. The lowest BCUT2D eigenvalue weighted by Gasteiger charge is -2.38. The second-order valence-corrected chi connectivity index (χ2v) is 7.10. The maximum atomic E-state index is 12.7. The zero-order valence-corrected chi connectivity index (χ0v) is 16.7. The summed E-state index contributed by atoms with van der Waals surface area (Å²) in [5, 5.41) is 5.63. The van der Waals surface area contributed by atoms with Gasteiger partial charge in [0.05, 0.1) is 13.5 Å². The van der Waals surface area contributed by atoms with Crippen molar-refractivity contribution in [2.24, 2.45) is 4.99 Å². The van der Waals surface area contributed by atoms with Crippen molar-refractivity contribution >= 4 is 29.3 Å². The van der Waals surface area contributed by atoms with Crippen molar-refractivity contribution in [1.82, 2.24) is 15.2 Å². The van der Waals surface area contributed by atoms with Gasteiger partial charge in [0.2, 0.25) is 17.8 Å². The second kappa shape index (κ2) is 8.81. The van der Waals surface area contributed by atoms with E-state index in [0.717, 1.165) is 18.9 Å². The fraction of sp³-hybridized carbons (Fsp3) is 0.333. The molecule has 1 aromatic carbocycles. The Morgan fingerprint density at radius 3 is 2.50 bits per heavy atom. The molecule has 0 radical (unpaired) electrons. The minimum atomic E-state index is -0.760. The fourth-order valence-electron chi connectivity index (χ4n) is 3.48. The second-order valence-electron chi connectivity index (χ2n) is 7.10. The Labute approximate surface area is 174 Å². The van der Waals surface area contributed by atoms with E-state index in [1.54, 1.807) is 37.6 Å². The monoisotopic (exact) mass is 408 g/mol. The molecule has 30 heavy (non-hydrogen) atoms. The van der Waals surface area contributed by atoms with Crippen LogP contribution in [-0.4, -0.2) is 67.0 Å². The average molecular weight is 408 g/mol. The van der Waals surface area contributed by atoms with E-state index in [0.29, 0.717) is 30.5 Å². The largest absolute Gasteiger partial charge is 0.497 e. The fourth-order valence-corrected chi connectivity index (χ4v) is 3.48. The van der Waals surface area contributed by atoms with E-state index in [4.69, 9.17) is 4.74 Å². The molecule has 9 heteroatoms. The van der Waals surface area contributed by atoms with Crippen molar-refractivity contribution in [3.63, 3.8) is 0 Å². The van der Waals surface area contributed by atoms with Crippen LogP contribution < -0.4 is 20.3 Å². The van der Waals surface area contributed by atoms with E-state index in [1.807, 2.05) is 23.1 Å². The van der Waals surface area contributed by atoms with E-state index in [9.17, 15) is 9.59 Å². The summed E-state index contributed by atoms with van der Waals surface area (Å²) in [6.45, 7) is 2.88. The summed E-state index contributed by atoms with van der Waals surface area (Å²) >= 11 is 0. The lowest BCUT2D eigenvalue weighted by Crippen LogP contribution is -2.56. The van der Waals surface area contributed by atoms with Crippen LogP contribution in [0.15, 0.2) is 53.7 Å². The number of nitrogens with zero attached hydrogens (tertiary/aromatic N) is 4. The highest BCUT2D eigenvalue weighted by atomic mass is 16.5. The van der Waals surface area contributed by atoms with E-state index < -0.39 is 6.04 Å². The van der Waals surface area contributed by atoms with Gasteiger partial charge < -0.3 is 19.9 Å². The zero-order chi connectivity index (χ0) is 20.9. The molecule has 2 N–H and O–H groups in total. The summed E-state index contributed by atoms with van der Waals surface area (Å²) in [7, 11) is 1.58. The molecule has 2 amide bonds. The molecule has 1 atom stereocenters. The highest BCUT2D eigenvalue weighted by molar-refractivity contribution is 6.06.